The summed E-state index contributed by atoms with van der Waals surface area (Å²) in [4.78, 5) is 12.9. The van der Waals surface area contributed by atoms with Crippen molar-refractivity contribution in [2.45, 2.75) is 230 Å². The van der Waals surface area contributed by atoms with E-state index in [0.29, 0.717) is 6.42 Å². The molecule has 292 valence electrons. The Bertz CT molecular complexity index is 758. The second kappa shape index (κ2) is 30.7. The summed E-state index contributed by atoms with van der Waals surface area (Å²) in [6.07, 6.45) is 19.8. The molecule has 1 rings (SSSR count). The summed E-state index contributed by atoms with van der Waals surface area (Å²) >= 11 is 0. The first-order valence-corrected chi connectivity index (χ1v) is 20.3. The fourth-order valence-corrected chi connectivity index (χ4v) is 6.67. The number of aliphatic hydroxyl groups is 6. The number of nitrogens with one attached hydrogen (secondary N) is 1. The van der Waals surface area contributed by atoms with Crippen molar-refractivity contribution in [3.63, 3.8) is 0 Å². The molecule has 0 saturated carbocycles. The van der Waals surface area contributed by atoms with Gasteiger partial charge in [0.15, 0.2) is 6.29 Å². The second-order valence-electron chi connectivity index (χ2n) is 14.6. The largest absolute Gasteiger partial charge is 0.394 e. The predicted molar refractivity (Wildman–Crippen MR) is 195 cm³/mol. The monoisotopic (exact) mass is 704 g/mol. The lowest BCUT2D eigenvalue weighted by Gasteiger charge is -2.40. The van der Waals surface area contributed by atoms with Crippen LogP contribution in [0.2, 0.25) is 0 Å². The molecule has 0 aromatic rings. The van der Waals surface area contributed by atoms with Crippen LogP contribution in [-0.2, 0) is 14.3 Å². The SMILES string of the molecule is CCCCCCCCCCCCCCCCCCC(=O)N[C@@H](CO[C@@H]1O[C@H](CO)[C@@H](O)C(O)C1O)[C@H](O)[C@H](O)CCCCCCCCCC. The molecule has 49 heavy (non-hydrogen) atoms. The van der Waals surface area contributed by atoms with Gasteiger partial charge in [-0.15, -0.1) is 0 Å². The Labute approximate surface area is 298 Å². The second-order valence-corrected chi connectivity index (χ2v) is 14.6. The zero-order chi connectivity index (χ0) is 36.1. The van der Waals surface area contributed by atoms with E-state index >= 15 is 0 Å². The van der Waals surface area contributed by atoms with Crippen LogP contribution in [0.1, 0.15) is 181 Å². The maximum atomic E-state index is 12.9. The maximum Gasteiger partial charge on any atom is 0.220 e. The zero-order valence-electron chi connectivity index (χ0n) is 31.3. The van der Waals surface area contributed by atoms with Gasteiger partial charge in [0.1, 0.15) is 30.5 Å². The number of rotatable bonds is 33. The van der Waals surface area contributed by atoms with Crippen molar-refractivity contribution in [2.24, 2.45) is 0 Å². The van der Waals surface area contributed by atoms with E-state index in [-0.39, 0.29) is 18.9 Å². The van der Waals surface area contributed by atoms with Crippen molar-refractivity contribution in [3.05, 3.63) is 0 Å². The molecule has 8 atom stereocenters. The molecule has 1 heterocycles. The lowest BCUT2D eigenvalue weighted by Crippen LogP contribution is -2.60. The highest BCUT2D eigenvalue weighted by atomic mass is 16.7. The Morgan fingerprint density at radius 2 is 1.06 bits per heavy atom. The lowest BCUT2D eigenvalue weighted by molar-refractivity contribution is -0.303. The maximum absolute atomic E-state index is 12.9. The van der Waals surface area contributed by atoms with Gasteiger partial charge in [-0.1, -0.05) is 162 Å². The number of carbonyl (C=O) groups is 1. The number of hydrogen-bond donors (Lipinski definition) is 7. The molecule has 1 amide bonds. The number of carbonyl (C=O) groups excluding carboxylic acids is 1. The van der Waals surface area contributed by atoms with E-state index in [0.717, 1.165) is 51.4 Å². The number of aliphatic hydroxyl groups excluding tert-OH is 6. The Hall–Kier alpha value is -0.850. The van der Waals surface area contributed by atoms with Gasteiger partial charge in [0, 0.05) is 6.42 Å². The van der Waals surface area contributed by atoms with Crippen LogP contribution >= 0.6 is 0 Å². The average Bonchev–Trinajstić information content (AvgIpc) is 3.10. The molecule has 10 nitrogen and oxygen atoms in total. The topological polar surface area (TPSA) is 169 Å². The van der Waals surface area contributed by atoms with Crippen LogP contribution in [0.15, 0.2) is 0 Å². The van der Waals surface area contributed by atoms with Gasteiger partial charge in [-0.3, -0.25) is 4.79 Å². The molecule has 1 fully saturated rings. The number of ether oxygens (including phenoxy) is 2. The van der Waals surface area contributed by atoms with Crippen molar-refractivity contribution in [1.29, 1.82) is 0 Å². The Morgan fingerprint density at radius 3 is 1.51 bits per heavy atom. The molecule has 0 spiro atoms. The van der Waals surface area contributed by atoms with Crippen LogP contribution in [0.3, 0.4) is 0 Å². The Morgan fingerprint density at radius 1 is 0.633 bits per heavy atom. The third-order valence-corrected chi connectivity index (χ3v) is 10.1. The summed E-state index contributed by atoms with van der Waals surface area (Å²) in [5.41, 5.74) is 0. The van der Waals surface area contributed by atoms with Crippen LogP contribution in [-0.4, -0.2) is 98.7 Å². The van der Waals surface area contributed by atoms with E-state index in [1.54, 1.807) is 0 Å². The minimum atomic E-state index is -1.60. The molecule has 0 bridgehead atoms. The summed E-state index contributed by atoms with van der Waals surface area (Å²) in [6, 6.07) is -0.982. The molecular formula is C39H77NO9. The zero-order valence-corrected chi connectivity index (χ0v) is 31.3. The molecule has 0 aromatic carbocycles. The van der Waals surface area contributed by atoms with Gasteiger partial charge in [-0.25, -0.2) is 0 Å². The first-order valence-electron chi connectivity index (χ1n) is 20.3. The van der Waals surface area contributed by atoms with E-state index in [1.807, 2.05) is 0 Å². The third kappa shape index (κ3) is 22.0. The molecule has 7 N–H and O–H groups in total. The minimum absolute atomic E-state index is 0.258. The molecule has 2 unspecified atom stereocenters. The quantitative estimate of drug-likeness (QED) is 0.0394. The van der Waals surface area contributed by atoms with E-state index in [2.05, 4.69) is 19.2 Å². The highest BCUT2D eigenvalue weighted by molar-refractivity contribution is 5.76. The molecular weight excluding hydrogens is 626 g/mol. The van der Waals surface area contributed by atoms with Gasteiger partial charge in [-0.05, 0) is 12.8 Å². The van der Waals surface area contributed by atoms with Crippen molar-refractivity contribution < 1.29 is 44.9 Å². The molecule has 10 heteroatoms. The van der Waals surface area contributed by atoms with Crippen LogP contribution in [0.5, 0.6) is 0 Å². The summed E-state index contributed by atoms with van der Waals surface area (Å²) in [6.45, 7) is 3.56. The number of amides is 1. The first-order chi connectivity index (χ1) is 23.8. The molecule has 1 saturated heterocycles. The summed E-state index contributed by atoms with van der Waals surface area (Å²) in [7, 11) is 0. The Balaban J connectivity index is 2.41. The van der Waals surface area contributed by atoms with Crippen molar-refractivity contribution in [2.75, 3.05) is 13.2 Å². The summed E-state index contributed by atoms with van der Waals surface area (Å²) < 4.78 is 11.1. The van der Waals surface area contributed by atoms with Crippen molar-refractivity contribution in [3.8, 4) is 0 Å². The number of hydrogen-bond acceptors (Lipinski definition) is 9. The van der Waals surface area contributed by atoms with Gasteiger partial charge in [0.2, 0.25) is 5.91 Å². The normalized spacial score (nSPS) is 23.0. The van der Waals surface area contributed by atoms with Crippen LogP contribution in [0.25, 0.3) is 0 Å². The van der Waals surface area contributed by atoms with Gasteiger partial charge in [0.25, 0.3) is 0 Å². The van der Waals surface area contributed by atoms with Gasteiger partial charge >= 0.3 is 0 Å². The smallest absolute Gasteiger partial charge is 0.220 e. The van der Waals surface area contributed by atoms with E-state index < -0.39 is 55.6 Å². The average molecular weight is 704 g/mol. The van der Waals surface area contributed by atoms with Crippen LogP contribution in [0, 0.1) is 0 Å². The molecule has 0 radical (unpaired) electrons. The van der Waals surface area contributed by atoms with E-state index in [9.17, 15) is 35.4 Å². The lowest BCUT2D eigenvalue weighted by atomic mass is 9.98. The fourth-order valence-electron chi connectivity index (χ4n) is 6.67. The molecule has 0 aromatic heterocycles. The molecule has 0 aliphatic carbocycles. The van der Waals surface area contributed by atoms with Gasteiger partial charge in [-0.2, -0.15) is 0 Å². The summed E-state index contributed by atoms with van der Waals surface area (Å²) in [5, 5.41) is 64.7. The minimum Gasteiger partial charge on any atom is -0.394 e. The van der Waals surface area contributed by atoms with Crippen LogP contribution < -0.4 is 5.32 Å². The summed E-state index contributed by atoms with van der Waals surface area (Å²) in [5.74, 6) is -0.258. The van der Waals surface area contributed by atoms with Crippen LogP contribution in [0.4, 0.5) is 0 Å². The molecule has 1 aliphatic rings. The van der Waals surface area contributed by atoms with Crippen molar-refractivity contribution >= 4 is 5.91 Å². The highest BCUT2D eigenvalue weighted by Crippen LogP contribution is 2.23. The van der Waals surface area contributed by atoms with E-state index in [1.165, 1.54) is 103 Å². The molecule has 1 aliphatic heterocycles. The van der Waals surface area contributed by atoms with Gasteiger partial charge < -0.3 is 45.4 Å². The Kier molecular flexibility index (Phi) is 29.0. The van der Waals surface area contributed by atoms with Gasteiger partial charge in [0.05, 0.1) is 25.4 Å². The standard InChI is InChI=1S/C39H77NO9/c1-3-5-7-9-11-13-14-15-16-17-18-19-20-22-24-26-28-34(43)40-31(30-48-39-38(47)37(46)36(45)33(29-41)49-39)35(44)32(42)27-25-23-21-12-10-8-6-4-2/h31-33,35-39,41-42,44-47H,3-30H2,1-2H3,(H,40,43)/t31-,32+,33+,35-,36+,37?,38?,39+/m0/s1. The van der Waals surface area contributed by atoms with E-state index in [4.69, 9.17) is 9.47 Å². The first kappa shape index (κ1) is 46.2. The van der Waals surface area contributed by atoms with Crippen molar-refractivity contribution in [1.82, 2.24) is 5.32 Å². The fraction of sp³-hybridized carbons (Fsp3) is 0.974. The number of unbranched alkanes of at least 4 members (excludes halogenated alkanes) is 22. The highest BCUT2D eigenvalue weighted by Gasteiger charge is 2.44. The third-order valence-electron chi connectivity index (χ3n) is 10.1. The predicted octanol–water partition coefficient (Wildman–Crippen LogP) is 6.19.